The Hall–Kier alpha value is -1.43. The zero-order valence-electron chi connectivity index (χ0n) is 9.21. The summed E-state index contributed by atoms with van der Waals surface area (Å²) in [6, 6.07) is 0. The molecular formula is C10H14N2O3S. The van der Waals surface area contributed by atoms with Crippen LogP contribution in [0, 0.1) is 0 Å². The molecule has 0 saturated heterocycles. The van der Waals surface area contributed by atoms with Crippen LogP contribution in [0.2, 0.25) is 0 Å². The molecule has 1 rings (SSSR count). The lowest BCUT2D eigenvalue weighted by atomic mass is 10.0. The van der Waals surface area contributed by atoms with Crippen molar-refractivity contribution in [3.05, 3.63) is 16.6 Å². The van der Waals surface area contributed by atoms with Crippen molar-refractivity contribution >= 4 is 23.7 Å². The first-order valence-corrected chi connectivity index (χ1v) is 5.80. The number of aromatic nitrogens is 1. The summed E-state index contributed by atoms with van der Waals surface area (Å²) in [7, 11) is 0. The summed E-state index contributed by atoms with van der Waals surface area (Å²) >= 11 is 1.24. The first-order valence-electron chi connectivity index (χ1n) is 4.92. The molecule has 0 aliphatic carbocycles. The normalized spacial score (nSPS) is 14.1. The molecule has 6 heteroatoms. The molecule has 0 saturated carbocycles. The number of carboxylic acids is 1. The molecule has 16 heavy (non-hydrogen) atoms. The first kappa shape index (κ1) is 12.6. The van der Waals surface area contributed by atoms with E-state index >= 15 is 0 Å². The molecule has 1 heterocycles. The summed E-state index contributed by atoms with van der Waals surface area (Å²) in [6.45, 7) is 3.78. The molecule has 0 fully saturated rings. The van der Waals surface area contributed by atoms with Gasteiger partial charge in [-0.05, 0) is 13.3 Å². The van der Waals surface area contributed by atoms with Gasteiger partial charge in [0.25, 0.3) is 0 Å². The van der Waals surface area contributed by atoms with Crippen molar-refractivity contribution in [3.63, 3.8) is 0 Å². The summed E-state index contributed by atoms with van der Waals surface area (Å²) in [5, 5.41) is 11.4. The van der Waals surface area contributed by atoms with Gasteiger partial charge in [-0.2, -0.15) is 0 Å². The highest BCUT2D eigenvalue weighted by molar-refractivity contribution is 7.09. The molecule has 0 radical (unpaired) electrons. The number of aliphatic carboxylic acids is 1. The standard InChI is InChI=1S/C10H14N2O3S/c1-3-5-12(7-13)10(2,9(14)15)8-11-4-6-16-8/h4,6-7H,3,5H2,1-2H3,(H,14,15). The third-order valence-corrected chi connectivity index (χ3v) is 3.42. The van der Waals surface area contributed by atoms with Crippen LogP contribution in [0.4, 0.5) is 0 Å². The molecule has 1 unspecified atom stereocenters. The summed E-state index contributed by atoms with van der Waals surface area (Å²) in [5.74, 6) is -1.07. The minimum absolute atomic E-state index is 0.395. The van der Waals surface area contributed by atoms with E-state index in [4.69, 9.17) is 0 Å². The van der Waals surface area contributed by atoms with Gasteiger partial charge in [0.2, 0.25) is 6.41 Å². The quantitative estimate of drug-likeness (QED) is 0.763. The van der Waals surface area contributed by atoms with E-state index in [1.165, 1.54) is 29.4 Å². The van der Waals surface area contributed by atoms with Gasteiger partial charge < -0.3 is 10.0 Å². The summed E-state index contributed by atoms with van der Waals surface area (Å²) in [4.78, 5) is 27.6. The molecule has 1 aromatic heterocycles. The van der Waals surface area contributed by atoms with Gasteiger partial charge in [0.05, 0.1) is 0 Å². The fourth-order valence-corrected chi connectivity index (χ4v) is 2.23. The Bertz CT molecular complexity index is 366. The van der Waals surface area contributed by atoms with E-state index in [9.17, 15) is 14.7 Å². The summed E-state index contributed by atoms with van der Waals surface area (Å²) in [6.07, 6.45) is 2.81. The van der Waals surface area contributed by atoms with Gasteiger partial charge in [-0.3, -0.25) is 4.79 Å². The highest BCUT2D eigenvalue weighted by atomic mass is 32.1. The predicted octanol–water partition coefficient (Wildman–Crippen LogP) is 1.31. The molecule has 0 spiro atoms. The van der Waals surface area contributed by atoms with Gasteiger partial charge in [0.15, 0.2) is 5.54 Å². The maximum atomic E-state index is 11.4. The third kappa shape index (κ3) is 2.06. The van der Waals surface area contributed by atoms with Crippen molar-refractivity contribution in [1.29, 1.82) is 0 Å². The third-order valence-electron chi connectivity index (χ3n) is 2.43. The number of carbonyl (C=O) groups excluding carboxylic acids is 1. The molecule has 0 aliphatic heterocycles. The van der Waals surface area contributed by atoms with Crippen molar-refractivity contribution in [2.24, 2.45) is 0 Å². The molecule has 0 aliphatic rings. The van der Waals surface area contributed by atoms with Crippen LogP contribution >= 0.6 is 11.3 Å². The molecule has 1 atom stereocenters. The fraction of sp³-hybridized carbons (Fsp3) is 0.500. The Morgan fingerprint density at radius 1 is 1.75 bits per heavy atom. The Morgan fingerprint density at radius 3 is 2.81 bits per heavy atom. The average Bonchev–Trinajstić information content (AvgIpc) is 2.78. The van der Waals surface area contributed by atoms with E-state index in [1.807, 2.05) is 6.92 Å². The Labute approximate surface area is 97.7 Å². The van der Waals surface area contributed by atoms with E-state index in [0.29, 0.717) is 24.4 Å². The van der Waals surface area contributed by atoms with E-state index in [0.717, 1.165) is 0 Å². The highest BCUT2D eigenvalue weighted by Crippen LogP contribution is 2.29. The van der Waals surface area contributed by atoms with Crippen molar-refractivity contribution < 1.29 is 14.7 Å². The number of thiazole rings is 1. The summed E-state index contributed by atoms with van der Waals surface area (Å²) < 4.78 is 0. The number of hydrogen-bond donors (Lipinski definition) is 1. The van der Waals surface area contributed by atoms with Crippen molar-refractivity contribution in [2.45, 2.75) is 25.8 Å². The zero-order chi connectivity index (χ0) is 12.2. The van der Waals surface area contributed by atoms with Crippen LogP contribution in [-0.2, 0) is 15.1 Å². The van der Waals surface area contributed by atoms with Crippen LogP contribution in [0.1, 0.15) is 25.3 Å². The molecule has 0 aromatic carbocycles. The Balaban J connectivity index is 3.14. The first-order chi connectivity index (χ1) is 7.57. The maximum Gasteiger partial charge on any atom is 0.336 e. The molecule has 1 N–H and O–H groups in total. The second kappa shape index (κ2) is 5.07. The second-order valence-corrected chi connectivity index (χ2v) is 4.41. The molecule has 1 amide bonds. The lowest BCUT2D eigenvalue weighted by molar-refractivity contribution is -0.154. The van der Waals surface area contributed by atoms with E-state index in [2.05, 4.69) is 4.98 Å². The minimum atomic E-state index is -1.37. The Kier molecular flexibility index (Phi) is 4.00. The van der Waals surface area contributed by atoms with Gasteiger partial charge in [0.1, 0.15) is 5.01 Å². The van der Waals surface area contributed by atoms with E-state index < -0.39 is 11.5 Å². The average molecular weight is 242 g/mol. The van der Waals surface area contributed by atoms with Crippen LogP contribution in [-0.4, -0.2) is 33.9 Å². The number of rotatable bonds is 6. The maximum absolute atomic E-state index is 11.4. The highest BCUT2D eigenvalue weighted by Gasteiger charge is 2.43. The van der Waals surface area contributed by atoms with Gasteiger partial charge in [-0.1, -0.05) is 6.92 Å². The molecular weight excluding hydrogens is 228 g/mol. The minimum Gasteiger partial charge on any atom is -0.479 e. The van der Waals surface area contributed by atoms with E-state index in [1.54, 1.807) is 5.38 Å². The van der Waals surface area contributed by atoms with Gasteiger partial charge in [-0.25, -0.2) is 9.78 Å². The molecule has 5 nitrogen and oxygen atoms in total. The summed E-state index contributed by atoms with van der Waals surface area (Å²) in [5.41, 5.74) is -1.37. The fourth-order valence-electron chi connectivity index (χ4n) is 1.42. The smallest absolute Gasteiger partial charge is 0.336 e. The number of amides is 1. The van der Waals surface area contributed by atoms with Crippen LogP contribution < -0.4 is 0 Å². The number of hydrogen-bond acceptors (Lipinski definition) is 4. The van der Waals surface area contributed by atoms with Crippen molar-refractivity contribution in [3.8, 4) is 0 Å². The lowest BCUT2D eigenvalue weighted by Crippen LogP contribution is -2.49. The Morgan fingerprint density at radius 2 is 2.44 bits per heavy atom. The SMILES string of the molecule is CCCN(C=O)C(C)(C(=O)O)c1nccs1. The van der Waals surface area contributed by atoms with Gasteiger partial charge in [0, 0.05) is 18.1 Å². The molecule has 0 bridgehead atoms. The number of carbonyl (C=O) groups is 2. The second-order valence-electron chi connectivity index (χ2n) is 3.51. The van der Waals surface area contributed by atoms with Crippen molar-refractivity contribution in [1.82, 2.24) is 9.88 Å². The topological polar surface area (TPSA) is 70.5 Å². The number of nitrogens with zero attached hydrogens (tertiary/aromatic N) is 2. The van der Waals surface area contributed by atoms with Gasteiger partial charge in [-0.15, -0.1) is 11.3 Å². The van der Waals surface area contributed by atoms with Crippen LogP contribution in [0.3, 0.4) is 0 Å². The van der Waals surface area contributed by atoms with Gasteiger partial charge >= 0.3 is 5.97 Å². The molecule has 1 aromatic rings. The zero-order valence-corrected chi connectivity index (χ0v) is 10.0. The predicted molar refractivity (Wildman–Crippen MR) is 60.2 cm³/mol. The number of carboxylic acid groups (broad SMARTS) is 1. The monoisotopic (exact) mass is 242 g/mol. The van der Waals surface area contributed by atoms with Crippen molar-refractivity contribution in [2.75, 3.05) is 6.54 Å². The lowest BCUT2D eigenvalue weighted by Gasteiger charge is -2.33. The van der Waals surface area contributed by atoms with Crippen LogP contribution in [0.25, 0.3) is 0 Å². The van der Waals surface area contributed by atoms with Crippen LogP contribution in [0.5, 0.6) is 0 Å². The molecule has 88 valence electrons. The van der Waals surface area contributed by atoms with E-state index in [-0.39, 0.29) is 0 Å². The largest absolute Gasteiger partial charge is 0.479 e. The van der Waals surface area contributed by atoms with Crippen LogP contribution in [0.15, 0.2) is 11.6 Å².